The highest BCUT2D eigenvalue weighted by atomic mass is 32.2. The number of hydrogen-bond donors (Lipinski definition) is 1. The van der Waals surface area contributed by atoms with E-state index < -0.39 is 26.6 Å². The minimum absolute atomic E-state index is 0.0547. The third-order valence-corrected chi connectivity index (χ3v) is 4.39. The van der Waals surface area contributed by atoms with Gasteiger partial charge in [-0.15, -0.1) is 0 Å². The van der Waals surface area contributed by atoms with Crippen LogP contribution < -0.4 is 4.74 Å². The van der Waals surface area contributed by atoms with Crippen molar-refractivity contribution in [3.63, 3.8) is 0 Å². The summed E-state index contributed by atoms with van der Waals surface area (Å²) in [6.07, 6.45) is 0. The van der Waals surface area contributed by atoms with Gasteiger partial charge in [-0.05, 0) is 24.3 Å². The summed E-state index contributed by atoms with van der Waals surface area (Å²) in [4.78, 5) is 24.5. The van der Waals surface area contributed by atoms with Crippen molar-refractivity contribution in [1.82, 2.24) is 0 Å². The molecule has 0 radical (unpaired) electrons. The van der Waals surface area contributed by atoms with E-state index in [1.165, 1.54) is 37.4 Å². The van der Waals surface area contributed by atoms with E-state index in [4.69, 9.17) is 4.74 Å². The number of methoxy groups -OCH3 is 1. The summed E-state index contributed by atoms with van der Waals surface area (Å²) in [5.74, 6) is -0.705. The van der Waals surface area contributed by atoms with Gasteiger partial charge in [0.15, 0.2) is 11.6 Å². The van der Waals surface area contributed by atoms with Crippen LogP contribution in [0.25, 0.3) is 0 Å². The molecule has 0 aromatic heterocycles. The second kappa shape index (κ2) is 4.75. The molecule has 1 aliphatic carbocycles. The second-order valence-corrected chi connectivity index (χ2v) is 6.11. The number of rotatable bonds is 2. The van der Waals surface area contributed by atoms with Crippen LogP contribution in [0.15, 0.2) is 41.3 Å². The fourth-order valence-electron chi connectivity index (χ4n) is 2.49. The molecule has 1 N–H and O–H groups in total. The van der Waals surface area contributed by atoms with Crippen LogP contribution in [-0.4, -0.2) is 31.6 Å². The Morgan fingerprint density at radius 1 is 0.955 bits per heavy atom. The van der Waals surface area contributed by atoms with Gasteiger partial charge < -0.3 is 4.74 Å². The number of hydrogen-bond acceptors (Lipinski definition) is 5. The van der Waals surface area contributed by atoms with E-state index in [1.807, 2.05) is 0 Å². The molecule has 0 aliphatic heterocycles. The molecule has 22 heavy (non-hydrogen) atoms. The Kier molecular flexibility index (Phi) is 3.12. The van der Waals surface area contributed by atoms with Gasteiger partial charge in [0.05, 0.1) is 12.7 Å². The Morgan fingerprint density at radius 3 is 2.32 bits per heavy atom. The van der Waals surface area contributed by atoms with Crippen LogP contribution in [0.3, 0.4) is 0 Å². The minimum Gasteiger partial charge on any atom is -0.497 e. The molecule has 7 heteroatoms. The maximum atomic E-state index is 12.6. The third kappa shape index (κ3) is 2.02. The zero-order valence-electron chi connectivity index (χ0n) is 11.4. The molecule has 0 amide bonds. The highest BCUT2D eigenvalue weighted by Crippen LogP contribution is 2.33. The second-order valence-electron chi connectivity index (χ2n) is 4.72. The molecule has 0 unspecified atom stereocenters. The van der Waals surface area contributed by atoms with E-state index in [9.17, 15) is 22.6 Å². The molecule has 2 aromatic rings. The first kappa shape index (κ1) is 14.4. The number of carbonyl (C=O) groups excluding carboxylic acids is 2. The van der Waals surface area contributed by atoms with Gasteiger partial charge in [0.2, 0.25) is 0 Å². The molecule has 112 valence electrons. The monoisotopic (exact) mass is 318 g/mol. The summed E-state index contributed by atoms with van der Waals surface area (Å²) < 4.78 is 37.2. The molecular weight excluding hydrogens is 308 g/mol. The molecule has 0 saturated carbocycles. The zero-order chi connectivity index (χ0) is 16.1. The minimum atomic E-state index is -4.61. The lowest BCUT2D eigenvalue weighted by Crippen LogP contribution is -2.23. The topological polar surface area (TPSA) is 97.7 Å². The van der Waals surface area contributed by atoms with Crippen LogP contribution in [-0.2, 0) is 10.1 Å². The van der Waals surface area contributed by atoms with Crippen LogP contribution in [0.2, 0.25) is 0 Å². The van der Waals surface area contributed by atoms with E-state index in [-0.39, 0.29) is 22.3 Å². The quantitative estimate of drug-likeness (QED) is 0.722. The molecule has 2 aromatic carbocycles. The van der Waals surface area contributed by atoms with Crippen LogP contribution >= 0.6 is 0 Å². The molecule has 0 fully saturated rings. The first-order chi connectivity index (χ1) is 10.3. The predicted molar refractivity (Wildman–Crippen MR) is 76.1 cm³/mol. The Morgan fingerprint density at radius 2 is 1.68 bits per heavy atom. The molecule has 0 heterocycles. The largest absolute Gasteiger partial charge is 0.497 e. The summed E-state index contributed by atoms with van der Waals surface area (Å²) in [7, 11) is -3.18. The summed E-state index contributed by atoms with van der Waals surface area (Å²) >= 11 is 0. The zero-order valence-corrected chi connectivity index (χ0v) is 12.2. The summed E-state index contributed by atoms with van der Waals surface area (Å²) in [5, 5.41) is 0. The SMILES string of the molecule is COc1ccc2c(c1)C(=O)c1cccc(S(=O)(=O)O)c1C2=O. The predicted octanol–water partition coefficient (Wildman–Crippen LogP) is 1.72. The number of ketones is 2. The Bertz CT molecular complexity index is 927. The van der Waals surface area contributed by atoms with Crippen LogP contribution in [0.4, 0.5) is 0 Å². The highest BCUT2D eigenvalue weighted by molar-refractivity contribution is 7.86. The van der Waals surface area contributed by atoms with Gasteiger partial charge in [-0.3, -0.25) is 14.1 Å². The summed E-state index contributed by atoms with van der Waals surface area (Å²) in [6, 6.07) is 8.08. The van der Waals surface area contributed by atoms with Crippen LogP contribution in [0.5, 0.6) is 5.75 Å². The fourth-order valence-corrected chi connectivity index (χ4v) is 3.20. The van der Waals surface area contributed by atoms with Gasteiger partial charge in [0.1, 0.15) is 10.6 Å². The Hall–Kier alpha value is -2.51. The van der Waals surface area contributed by atoms with Gasteiger partial charge >= 0.3 is 0 Å². The highest BCUT2D eigenvalue weighted by Gasteiger charge is 2.34. The van der Waals surface area contributed by atoms with Crippen LogP contribution in [0, 0.1) is 0 Å². The Labute approximate surface area is 126 Å². The van der Waals surface area contributed by atoms with Gasteiger partial charge in [-0.2, -0.15) is 8.42 Å². The fraction of sp³-hybridized carbons (Fsp3) is 0.0667. The average molecular weight is 318 g/mol. The van der Waals surface area contributed by atoms with Crippen molar-refractivity contribution < 1.29 is 27.3 Å². The first-order valence-electron chi connectivity index (χ1n) is 6.22. The Balaban J connectivity index is 2.34. The smallest absolute Gasteiger partial charge is 0.295 e. The standard InChI is InChI=1S/C15H10O6S/c1-21-8-5-6-9-11(7-8)14(16)10-3-2-4-12(22(18,19)20)13(10)15(9)17/h2-7H,1H3,(H,18,19,20). The molecule has 0 saturated heterocycles. The molecule has 0 bridgehead atoms. The summed E-state index contributed by atoms with van der Waals surface area (Å²) in [5.41, 5.74) is -0.132. The van der Waals surface area contributed by atoms with Gasteiger partial charge in [0, 0.05) is 16.7 Å². The van der Waals surface area contributed by atoms with Gasteiger partial charge in [0.25, 0.3) is 10.1 Å². The average Bonchev–Trinajstić information content (AvgIpc) is 2.50. The molecule has 6 nitrogen and oxygen atoms in total. The van der Waals surface area contributed by atoms with E-state index in [0.717, 1.165) is 6.07 Å². The number of ether oxygens (including phenoxy) is 1. The lowest BCUT2D eigenvalue weighted by atomic mass is 9.84. The maximum absolute atomic E-state index is 12.6. The maximum Gasteiger partial charge on any atom is 0.295 e. The molecular formula is C15H10O6S. The van der Waals surface area contributed by atoms with Crippen molar-refractivity contribution in [2.24, 2.45) is 0 Å². The molecule has 0 spiro atoms. The van der Waals surface area contributed by atoms with E-state index in [1.54, 1.807) is 0 Å². The van der Waals surface area contributed by atoms with Crippen molar-refractivity contribution in [1.29, 1.82) is 0 Å². The van der Waals surface area contributed by atoms with Gasteiger partial charge in [-0.25, -0.2) is 0 Å². The van der Waals surface area contributed by atoms with Crippen molar-refractivity contribution >= 4 is 21.7 Å². The van der Waals surface area contributed by atoms with E-state index in [2.05, 4.69) is 0 Å². The van der Waals surface area contributed by atoms with Crippen LogP contribution in [0.1, 0.15) is 31.8 Å². The van der Waals surface area contributed by atoms with Crippen molar-refractivity contribution in [3.05, 3.63) is 58.7 Å². The lowest BCUT2D eigenvalue weighted by Gasteiger charge is -2.19. The summed E-state index contributed by atoms with van der Waals surface area (Å²) in [6.45, 7) is 0. The first-order valence-corrected chi connectivity index (χ1v) is 7.66. The van der Waals surface area contributed by atoms with E-state index >= 15 is 0 Å². The number of benzene rings is 2. The molecule has 1 aliphatic rings. The van der Waals surface area contributed by atoms with Gasteiger partial charge in [-0.1, -0.05) is 12.1 Å². The third-order valence-electron chi connectivity index (χ3n) is 3.49. The molecule has 3 rings (SSSR count). The number of carbonyl (C=O) groups is 2. The lowest BCUT2D eigenvalue weighted by molar-refractivity contribution is 0.0976. The van der Waals surface area contributed by atoms with Crippen molar-refractivity contribution in [2.45, 2.75) is 4.90 Å². The normalized spacial score (nSPS) is 13.5. The van der Waals surface area contributed by atoms with Crippen molar-refractivity contribution in [2.75, 3.05) is 7.11 Å². The van der Waals surface area contributed by atoms with Crippen molar-refractivity contribution in [3.8, 4) is 5.75 Å². The molecule has 0 atom stereocenters. The number of fused-ring (bicyclic) bond motifs is 2. The van der Waals surface area contributed by atoms with E-state index in [0.29, 0.717) is 5.75 Å².